The van der Waals surface area contributed by atoms with Crippen molar-refractivity contribution in [3.8, 4) is 0 Å². The van der Waals surface area contributed by atoms with Gasteiger partial charge >= 0.3 is 0 Å². The molecule has 0 radical (unpaired) electrons. The molecule has 0 heterocycles. The van der Waals surface area contributed by atoms with Crippen molar-refractivity contribution in [3.05, 3.63) is 35.9 Å². The summed E-state index contributed by atoms with van der Waals surface area (Å²) in [7, 11) is 0. The van der Waals surface area contributed by atoms with Crippen LogP contribution in [-0.4, -0.2) is 18.5 Å². The first-order valence-corrected chi connectivity index (χ1v) is 6.15. The SMILES string of the molecule is CC(C)C(Cl)CNCC(F)(F)c1ccccc1. The summed E-state index contributed by atoms with van der Waals surface area (Å²) in [6.45, 7) is 3.94. The lowest BCUT2D eigenvalue weighted by atomic mass is 10.1. The molecule has 0 bridgehead atoms. The highest BCUT2D eigenvalue weighted by molar-refractivity contribution is 6.20. The smallest absolute Gasteiger partial charge is 0.285 e. The summed E-state index contributed by atoms with van der Waals surface area (Å²) in [5.41, 5.74) is 0.0307. The quantitative estimate of drug-likeness (QED) is 0.771. The van der Waals surface area contributed by atoms with Crippen molar-refractivity contribution in [3.63, 3.8) is 0 Å². The number of benzene rings is 1. The second-order valence-corrected chi connectivity index (χ2v) is 5.02. The summed E-state index contributed by atoms with van der Waals surface area (Å²) in [5, 5.41) is 2.60. The maximum atomic E-state index is 13.7. The minimum Gasteiger partial charge on any atom is -0.309 e. The maximum absolute atomic E-state index is 13.7. The summed E-state index contributed by atoms with van der Waals surface area (Å²) >= 11 is 5.98. The van der Waals surface area contributed by atoms with Crippen LogP contribution in [-0.2, 0) is 5.92 Å². The van der Waals surface area contributed by atoms with Crippen molar-refractivity contribution in [2.45, 2.75) is 25.1 Å². The van der Waals surface area contributed by atoms with E-state index in [2.05, 4.69) is 5.32 Å². The molecule has 1 N–H and O–H groups in total. The predicted molar refractivity (Wildman–Crippen MR) is 67.7 cm³/mol. The largest absolute Gasteiger partial charge is 0.309 e. The molecule has 0 aliphatic rings. The Kier molecular flexibility index (Phi) is 5.34. The van der Waals surface area contributed by atoms with Crippen LogP contribution in [0.4, 0.5) is 8.78 Å². The van der Waals surface area contributed by atoms with Gasteiger partial charge in [0.1, 0.15) is 0 Å². The number of alkyl halides is 3. The van der Waals surface area contributed by atoms with Crippen molar-refractivity contribution in [2.24, 2.45) is 5.92 Å². The van der Waals surface area contributed by atoms with Crippen molar-refractivity contribution >= 4 is 11.6 Å². The van der Waals surface area contributed by atoms with Gasteiger partial charge in [-0.3, -0.25) is 0 Å². The van der Waals surface area contributed by atoms with Crippen LogP contribution in [0.5, 0.6) is 0 Å². The minimum atomic E-state index is -2.85. The van der Waals surface area contributed by atoms with Crippen molar-refractivity contribution in [1.82, 2.24) is 5.32 Å². The van der Waals surface area contributed by atoms with Crippen LogP contribution in [0.25, 0.3) is 0 Å². The summed E-state index contributed by atoms with van der Waals surface area (Å²) in [6.07, 6.45) is 0. The number of hydrogen-bond acceptors (Lipinski definition) is 1. The van der Waals surface area contributed by atoms with E-state index in [1.807, 2.05) is 13.8 Å². The second kappa shape index (κ2) is 6.31. The second-order valence-electron chi connectivity index (χ2n) is 4.46. The number of halogens is 3. The fraction of sp³-hybridized carbons (Fsp3) is 0.538. The lowest BCUT2D eigenvalue weighted by Crippen LogP contribution is -2.35. The Balaban J connectivity index is 2.46. The molecule has 0 fully saturated rings. The van der Waals surface area contributed by atoms with E-state index in [1.165, 1.54) is 12.1 Å². The average molecular weight is 262 g/mol. The molecule has 1 atom stereocenters. The summed E-state index contributed by atoms with van der Waals surface area (Å²) in [5.74, 6) is -2.58. The molecule has 1 aromatic rings. The summed E-state index contributed by atoms with van der Waals surface area (Å²) < 4.78 is 27.4. The zero-order valence-electron chi connectivity index (χ0n) is 10.1. The number of nitrogens with one attached hydrogen (secondary N) is 1. The van der Waals surface area contributed by atoms with Crippen LogP contribution in [0.3, 0.4) is 0 Å². The molecular weight excluding hydrogens is 244 g/mol. The third-order valence-corrected chi connectivity index (χ3v) is 3.26. The van der Waals surface area contributed by atoms with Crippen LogP contribution in [0.2, 0.25) is 0 Å². The lowest BCUT2D eigenvalue weighted by Gasteiger charge is -2.19. The zero-order chi connectivity index (χ0) is 12.9. The molecule has 1 unspecified atom stereocenters. The molecule has 1 aromatic carbocycles. The van der Waals surface area contributed by atoms with Crippen LogP contribution in [0.15, 0.2) is 30.3 Å². The first-order chi connectivity index (χ1) is 7.93. The normalized spacial score (nSPS) is 14.0. The standard InChI is InChI=1S/C13H18ClF2N/c1-10(2)12(14)8-17-9-13(15,16)11-6-4-3-5-7-11/h3-7,10,12,17H,8-9H2,1-2H3. The average Bonchev–Trinajstić information content (AvgIpc) is 2.29. The Morgan fingerprint density at radius 3 is 2.35 bits per heavy atom. The maximum Gasteiger partial charge on any atom is 0.285 e. The minimum absolute atomic E-state index is 0.0307. The van der Waals surface area contributed by atoms with E-state index in [0.29, 0.717) is 6.54 Å². The first kappa shape index (κ1) is 14.4. The van der Waals surface area contributed by atoms with Crippen molar-refractivity contribution in [1.29, 1.82) is 0 Å². The van der Waals surface area contributed by atoms with E-state index < -0.39 is 5.92 Å². The zero-order valence-corrected chi connectivity index (χ0v) is 10.8. The molecular formula is C13H18ClF2N. The molecule has 0 aliphatic heterocycles. The highest BCUT2D eigenvalue weighted by Gasteiger charge is 2.30. The lowest BCUT2D eigenvalue weighted by molar-refractivity contribution is -0.00308. The van der Waals surface area contributed by atoms with Gasteiger partial charge in [0.05, 0.1) is 6.54 Å². The molecule has 1 nitrogen and oxygen atoms in total. The molecule has 0 aromatic heterocycles. The Bertz CT molecular complexity index is 327. The number of hydrogen-bond donors (Lipinski definition) is 1. The van der Waals surface area contributed by atoms with Crippen LogP contribution < -0.4 is 5.32 Å². The van der Waals surface area contributed by atoms with Gasteiger partial charge in [0, 0.05) is 17.5 Å². The monoisotopic (exact) mass is 261 g/mol. The topological polar surface area (TPSA) is 12.0 Å². The molecule has 1 rings (SSSR count). The Labute approximate surface area is 106 Å². The van der Waals surface area contributed by atoms with Gasteiger partial charge in [-0.05, 0) is 5.92 Å². The fourth-order valence-corrected chi connectivity index (χ4v) is 1.50. The molecule has 0 amide bonds. The van der Waals surface area contributed by atoms with Gasteiger partial charge in [-0.25, -0.2) is 0 Å². The van der Waals surface area contributed by atoms with Crippen molar-refractivity contribution < 1.29 is 8.78 Å². The highest BCUT2D eigenvalue weighted by atomic mass is 35.5. The summed E-state index contributed by atoms with van der Waals surface area (Å²) in [6, 6.07) is 7.81. The molecule has 0 saturated carbocycles. The summed E-state index contributed by atoms with van der Waals surface area (Å²) in [4.78, 5) is 0. The van der Waals surface area contributed by atoms with Crippen LogP contribution in [0.1, 0.15) is 19.4 Å². The van der Waals surface area contributed by atoms with Gasteiger partial charge < -0.3 is 5.32 Å². The molecule has 0 aliphatic carbocycles. The Morgan fingerprint density at radius 2 is 1.82 bits per heavy atom. The van der Waals surface area contributed by atoms with E-state index in [0.717, 1.165) is 0 Å². The fourth-order valence-electron chi connectivity index (χ4n) is 1.39. The van der Waals surface area contributed by atoms with E-state index in [4.69, 9.17) is 11.6 Å². The van der Waals surface area contributed by atoms with Crippen LogP contribution >= 0.6 is 11.6 Å². The van der Waals surface area contributed by atoms with Gasteiger partial charge in [-0.2, -0.15) is 8.78 Å². The molecule has 17 heavy (non-hydrogen) atoms. The van der Waals surface area contributed by atoms with E-state index >= 15 is 0 Å². The highest BCUT2D eigenvalue weighted by Crippen LogP contribution is 2.26. The Morgan fingerprint density at radius 1 is 1.24 bits per heavy atom. The Hall–Kier alpha value is -0.670. The third-order valence-electron chi connectivity index (χ3n) is 2.61. The van der Waals surface area contributed by atoms with Crippen LogP contribution in [0, 0.1) is 5.92 Å². The van der Waals surface area contributed by atoms with E-state index in [1.54, 1.807) is 18.2 Å². The van der Waals surface area contributed by atoms with Crippen molar-refractivity contribution in [2.75, 3.05) is 13.1 Å². The number of rotatable bonds is 6. The van der Waals surface area contributed by atoms with Gasteiger partial charge in [0.15, 0.2) is 0 Å². The molecule has 96 valence electrons. The molecule has 4 heteroatoms. The molecule has 0 spiro atoms. The molecule has 0 saturated heterocycles. The van der Waals surface area contributed by atoms with Gasteiger partial charge in [-0.15, -0.1) is 11.6 Å². The van der Waals surface area contributed by atoms with E-state index in [-0.39, 0.29) is 23.4 Å². The predicted octanol–water partition coefficient (Wildman–Crippen LogP) is 3.63. The van der Waals surface area contributed by atoms with Gasteiger partial charge in [-0.1, -0.05) is 44.2 Å². The first-order valence-electron chi connectivity index (χ1n) is 5.71. The van der Waals surface area contributed by atoms with Gasteiger partial charge in [0.25, 0.3) is 5.92 Å². The van der Waals surface area contributed by atoms with Gasteiger partial charge in [0.2, 0.25) is 0 Å². The van der Waals surface area contributed by atoms with E-state index in [9.17, 15) is 8.78 Å². The third kappa shape index (κ3) is 4.60.